The van der Waals surface area contributed by atoms with E-state index in [-0.39, 0.29) is 5.95 Å². The molecule has 8 nitrogen and oxygen atoms in total. The number of anilines is 1. The Labute approximate surface area is 169 Å². The van der Waals surface area contributed by atoms with E-state index < -0.39 is 18.8 Å². The van der Waals surface area contributed by atoms with Gasteiger partial charge in [0.25, 0.3) is 0 Å². The van der Waals surface area contributed by atoms with E-state index in [4.69, 9.17) is 4.98 Å². The second-order valence-electron chi connectivity index (χ2n) is 6.90. The third-order valence-electron chi connectivity index (χ3n) is 4.55. The smallest absolute Gasteiger partial charge is 0.382 e. The van der Waals surface area contributed by atoms with Crippen LogP contribution in [0.1, 0.15) is 5.56 Å². The fourth-order valence-electron chi connectivity index (χ4n) is 2.92. The zero-order chi connectivity index (χ0) is 21.5. The molecule has 4 rings (SSSR count). The summed E-state index contributed by atoms with van der Waals surface area (Å²) in [5, 5.41) is 24.0. The zero-order valence-electron chi connectivity index (χ0n) is 16.1. The highest BCUT2D eigenvalue weighted by Crippen LogP contribution is 2.28. The van der Waals surface area contributed by atoms with Gasteiger partial charge in [-0.25, -0.2) is 4.98 Å². The monoisotopic (exact) mass is 417 g/mol. The molecule has 0 bridgehead atoms. The first-order valence-corrected chi connectivity index (χ1v) is 9.03. The Balaban J connectivity index is 1.81. The number of aliphatic hydroxyl groups is 1. The number of nitrogens with zero attached hydrogens (tertiary/aromatic N) is 6. The van der Waals surface area contributed by atoms with Crippen molar-refractivity contribution in [3.05, 3.63) is 48.4 Å². The lowest BCUT2D eigenvalue weighted by molar-refractivity contribution is -0.198. The number of rotatable bonds is 5. The quantitative estimate of drug-likeness (QED) is 0.519. The van der Waals surface area contributed by atoms with E-state index >= 15 is 0 Å². The van der Waals surface area contributed by atoms with Crippen molar-refractivity contribution >= 4 is 11.6 Å². The summed E-state index contributed by atoms with van der Waals surface area (Å²) < 4.78 is 41.1. The fourth-order valence-corrected chi connectivity index (χ4v) is 2.92. The van der Waals surface area contributed by atoms with E-state index in [2.05, 4.69) is 20.6 Å². The van der Waals surface area contributed by atoms with Gasteiger partial charge in [0.05, 0.1) is 18.4 Å². The van der Waals surface area contributed by atoms with Crippen molar-refractivity contribution in [3.63, 3.8) is 0 Å². The van der Waals surface area contributed by atoms with Crippen LogP contribution in [0.4, 0.5) is 19.1 Å². The van der Waals surface area contributed by atoms with Crippen molar-refractivity contribution in [3.8, 4) is 22.5 Å². The summed E-state index contributed by atoms with van der Waals surface area (Å²) in [7, 11) is 1.76. The minimum Gasteiger partial charge on any atom is -0.382 e. The van der Waals surface area contributed by atoms with Crippen molar-refractivity contribution in [2.45, 2.75) is 19.2 Å². The Bertz CT molecular complexity index is 1180. The van der Waals surface area contributed by atoms with Crippen molar-refractivity contribution in [1.29, 1.82) is 0 Å². The summed E-state index contributed by atoms with van der Waals surface area (Å²) in [4.78, 5) is 4.70. The molecular weight excluding hydrogens is 399 g/mol. The molecule has 0 aliphatic carbocycles. The summed E-state index contributed by atoms with van der Waals surface area (Å²) in [6, 6.07) is 7.69. The third-order valence-corrected chi connectivity index (χ3v) is 4.55. The minimum atomic E-state index is -4.73. The van der Waals surface area contributed by atoms with Gasteiger partial charge >= 0.3 is 6.18 Å². The average molecular weight is 417 g/mol. The molecule has 0 radical (unpaired) electrons. The summed E-state index contributed by atoms with van der Waals surface area (Å²) in [5.41, 5.74) is 4.01. The van der Waals surface area contributed by atoms with E-state index in [0.29, 0.717) is 22.6 Å². The van der Waals surface area contributed by atoms with Crippen LogP contribution in [0.3, 0.4) is 0 Å². The van der Waals surface area contributed by atoms with E-state index in [9.17, 15) is 18.3 Å². The number of aryl methyl sites for hydroxylation is 2. The van der Waals surface area contributed by atoms with Crippen LogP contribution in [-0.2, 0) is 7.05 Å². The highest BCUT2D eigenvalue weighted by atomic mass is 19.4. The van der Waals surface area contributed by atoms with Crippen LogP contribution < -0.4 is 5.32 Å². The highest BCUT2D eigenvalue weighted by molar-refractivity contribution is 5.77. The molecule has 11 heteroatoms. The molecule has 0 saturated heterocycles. The number of hydrogen-bond donors (Lipinski definition) is 2. The third kappa shape index (κ3) is 3.83. The van der Waals surface area contributed by atoms with Crippen molar-refractivity contribution in [2.75, 3.05) is 11.9 Å². The van der Waals surface area contributed by atoms with Crippen LogP contribution >= 0.6 is 0 Å². The van der Waals surface area contributed by atoms with Gasteiger partial charge in [0.1, 0.15) is 5.69 Å². The molecule has 3 aromatic heterocycles. The second-order valence-corrected chi connectivity index (χ2v) is 6.90. The molecular formula is C19H18F3N7O. The number of benzene rings is 1. The predicted octanol–water partition coefficient (Wildman–Crippen LogP) is 2.84. The first kappa shape index (κ1) is 19.8. The van der Waals surface area contributed by atoms with Gasteiger partial charge in [0.15, 0.2) is 11.8 Å². The lowest BCUT2D eigenvalue weighted by atomic mass is 10.1. The van der Waals surface area contributed by atoms with Crippen molar-refractivity contribution < 1.29 is 18.3 Å². The molecule has 4 aromatic rings. The molecule has 0 saturated carbocycles. The van der Waals surface area contributed by atoms with E-state index in [1.807, 2.05) is 31.2 Å². The van der Waals surface area contributed by atoms with Gasteiger partial charge < -0.3 is 10.4 Å². The van der Waals surface area contributed by atoms with Gasteiger partial charge in [-0.3, -0.25) is 9.08 Å². The maximum atomic E-state index is 12.6. The Morgan fingerprint density at radius 1 is 1.10 bits per heavy atom. The van der Waals surface area contributed by atoms with Gasteiger partial charge in [0, 0.05) is 30.6 Å². The van der Waals surface area contributed by atoms with Gasteiger partial charge in [-0.05, 0) is 6.92 Å². The molecule has 0 unspecified atom stereocenters. The van der Waals surface area contributed by atoms with Crippen molar-refractivity contribution in [1.82, 2.24) is 29.4 Å². The molecule has 0 spiro atoms. The lowest BCUT2D eigenvalue weighted by Gasteiger charge is -2.15. The largest absolute Gasteiger partial charge is 0.416 e. The zero-order valence-corrected chi connectivity index (χ0v) is 16.1. The molecule has 30 heavy (non-hydrogen) atoms. The SMILES string of the molecule is Cc1ccc(-c2cn3c(NC[C@@H](O)C(F)(F)F)nnc3c(-c3cnn(C)c3)n2)cc1. The number of fused-ring (bicyclic) bond motifs is 1. The molecule has 0 amide bonds. The molecule has 0 aliphatic heterocycles. The number of aromatic nitrogens is 6. The van der Waals surface area contributed by atoms with E-state index in [1.54, 1.807) is 30.3 Å². The Morgan fingerprint density at radius 2 is 1.83 bits per heavy atom. The van der Waals surface area contributed by atoms with Gasteiger partial charge in [-0.1, -0.05) is 29.8 Å². The van der Waals surface area contributed by atoms with Crippen LogP contribution in [-0.4, -0.2) is 53.3 Å². The molecule has 156 valence electrons. The maximum absolute atomic E-state index is 12.6. The Hall–Kier alpha value is -3.47. The standard InChI is InChI=1S/C19H18F3N7O/c1-11-3-5-12(6-4-11)14-10-29-17(16(25-14)13-7-24-28(2)9-13)26-27-18(29)23-8-15(30)19(20,21)22/h3-7,9-10,15,30H,8H2,1-2H3,(H,23,27)/t15-/m1/s1. The van der Waals surface area contributed by atoms with Crippen LogP contribution in [0.25, 0.3) is 28.2 Å². The van der Waals surface area contributed by atoms with Crippen LogP contribution in [0.15, 0.2) is 42.9 Å². The summed E-state index contributed by atoms with van der Waals surface area (Å²) in [6.45, 7) is 1.21. The average Bonchev–Trinajstić information content (AvgIpc) is 3.31. The highest BCUT2D eigenvalue weighted by Gasteiger charge is 2.38. The molecule has 1 aromatic carbocycles. The molecule has 1 atom stereocenters. The summed E-state index contributed by atoms with van der Waals surface area (Å²) in [6.07, 6.45) is -2.24. The first-order chi connectivity index (χ1) is 14.2. The number of halogens is 3. The normalized spacial score (nSPS) is 13.0. The van der Waals surface area contributed by atoms with Gasteiger partial charge in [-0.15, -0.1) is 10.2 Å². The lowest BCUT2D eigenvalue weighted by Crippen LogP contribution is -2.35. The minimum absolute atomic E-state index is 0.0641. The summed E-state index contributed by atoms with van der Waals surface area (Å²) >= 11 is 0. The number of alkyl halides is 3. The Kier molecular flexibility index (Phi) is 4.90. The van der Waals surface area contributed by atoms with Crippen LogP contribution in [0.5, 0.6) is 0 Å². The fraction of sp³-hybridized carbons (Fsp3) is 0.263. The van der Waals surface area contributed by atoms with E-state index in [1.165, 1.54) is 4.40 Å². The molecule has 2 N–H and O–H groups in total. The molecule has 3 heterocycles. The summed E-state index contributed by atoms with van der Waals surface area (Å²) in [5.74, 6) is 0.0641. The second kappa shape index (κ2) is 7.41. The first-order valence-electron chi connectivity index (χ1n) is 9.03. The van der Waals surface area contributed by atoms with Gasteiger partial charge in [0.2, 0.25) is 5.95 Å². The van der Waals surface area contributed by atoms with Crippen LogP contribution in [0, 0.1) is 6.92 Å². The molecule has 0 fully saturated rings. The predicted molar refractivity (Wildman–Crippen MR) is 104 cm³/mol. The number of aliphatic hydroxyl groups excluding tert-OH is 1. The van der Waals surface area contributed by atoms with Gasteiger partial charge in [-0.2, -0.15) is 18.3 Å². The number of hydrogen-bond acceptors (Lipinski definition) is 6. The van der Waals surface area contributed by atoms with Crippen LogP contribution in [0.2, 0.25) is 0 Å². The number of nitrogens with one attached hydrogen (secondary N) is 1. The van der Waals surface area contributed by atoms with E-state index in [0.717, 1.165) is 11.1 Å². The topological polar surface area (TPSA) is 93.2 Å². The molecule has 0 aliphatic rings. The Morgan fingerprint density at radius 3 is 2.47 bits per heavy atom. The maximum Gasteiger partial charge on any atom is 0.416 e. The van der Waals surface area contributed by atoms with Crippen molar-refractivity contribution in [2.24, 2.45) is 7.05 Å².